The van der Waals surface area contributed by atoms with Crippen LogP contribution in [0.5, 0.6) is 5.75 Å². The van der Waals surface area contributed by atoms with E-state index in [1.54, 1.807) is 61.0 Å². The van der Waals surface area contributed by atoms with Crippen molar-refractivity contribution in [3.8, 4) is 17.9 Å². The van der Waals surface area contributed by atoms with Crippen molar-refractivity contribution >= 4 is 33.9 Å². The molecule has 34 heavy (non-hydrogen) atoms. The van der Waals surface area contributed by atoms with E-state index in [2.05, 4.69) is 17.1 Å². The van der Waals surface area contributed by atoms with Crippen LogP contribution < -0.4 is 10.5 Å². The summed E-state index contributed by atoms with van der Waals surface area (Å²) in [5.74, 6) is -0.151. The molecule has 2 aliphatic rings. The molecule has 1 atom stereocenters. The first-order chi connectivity index (χ1) is 16.4. The molecule has 9 heteroatoms. The number of amides is 2. The summed E-state index contributed by atoms with van der Waals surface area (Å²) in [4.78, 5) is 31.5. The van der Waals surface area contributed by atoms with E-state index in [0.717, 1.165) is 4.90 Å². The third-order valence-corrected chi connectivity index (χ3v) is 7.11. The average Bonchev–Trinajstić information content (AvgIpc) is 3.39. The highest BCUT2D eigenvalue weighted by molar-refractivity contribution is 7.14. The zero-order chi connectivity index (χ0) is 24.0. The van der Waals surface area contributed by atoms with Gasteiger partial charge >= 0.3 is 0 Å². The maximum Gasteiger partial charge on any atom is 0.261 e. The van der Waals surface area contributed by atoms with E-state index < -0.39 is 11.5 Å². The Morgan fingerprint density at radius 2 is 1.71 bits per heavy atom. The predicted molar refractivity (Wildman–Crippen MR) is 125 cm³/mol. The summed E-state index contributed by atoms with van der Waals surface area (Å²) in [6.07, 6.45) is 0. The van der Waals surface area contributed by atoms with Crippen LogP contribution >= 0.6 is 11.3 Å². The van der Waals surface area contributed by atoms with Crippen molar-refractivity contribution < 1.29 is 14.3 Å². The Labute approximate surface area is 199 Å². The molecular weight excluding hydrogens is 450 g/mol. The Kier molecular flexibility index (Phi) is 5.02. The number of nitrogens with zero attached hydrogens (tertiary/aromatic N) is 4. The Hall–Kier alpha value is -4.31. The van der Waals surface area contributed by atoms with Gasteiger partial charge in [0.15, 0.2) is 0 Å². The lowest BCUT2D eigenvalue weighted by atomic mass is 9.71. The molecule has 1 aromatic heterocycles. The van der Waals surface area contributed by atoms with Crippen LogP contribution in [-0.2, 0) is 6.54 Å². The van der Waals surface area contributed by atoms with Crippen molar-refractivity contribution in [2.24, 2.45) is 16.1 Å². The standard InChI is InChI=1S/C25H17N5O3S/c1-33-16-8-6-14(7-9-16)21-25(12-26,13-27)20(28)19-15(11-34-22(19)29-21)10-30-23(31)17-4-2-3-5-18(17)24(30)32/h2-9,11,20H,10,28H2,1H3. The highest BCUT2D eigenvalue weighted by atomic mass is 32.1. The molecule has 0 spiro atoms. The van der Waals surface area contributed by atoms with Gasteiger partial charge in [-0.1, -0.05) is 12.1 Å². The highest BCUT2D eigenvalue weighted by Gasteiger charge is 2.49. The molecule has 166 valence electrons. The van der Waals surface area contributed by atoms with Crippen molar-refractivity contribution in [1.29, 1.82) is 10.5 Å². The van der Waals surface area contributed by atoms with Gasteiger partial charge in [-0.25, -0.2) is 4.99 Å². The summed E-state index contributed by atoms with van der Waals surface area (Å²) in [6.45, 7) is -0.0216. The van der Waals surface area contributed by atoms with Crippen molar-refractivity contribution in [2.45, 2.75) is 12.6 Å². The van der Waals surface area contributed by atoms with Gasteiger partial charge in [0, 0.05) is 5.56 Å². The number of carbonyl (C=O) groups excluding carboxylic acids is 2. The number of imide groups is 1. The third-order valence-electron chi connectivity index (χ3n) is 6.18. The van der Waals surface area contributed by atoms with Crippen molar-refractivity contribution in [3.63, 3.8) is 0 Å². The quantitative estimate of drug-likeness (QED) is 0.582. The number of carbonyl (C=O) groups is 2. The van der Waals surface area contributed by atoms with Crippen LogP contribution in [0.15, 0.2) is 58.9 Å². The zero-order valence-corrected chi connectivity index (χ0v) is 18.8. The van der Waals surface area contributed by atoms with Gasteiger partial charge in [-0.15, -0.1) is 11.3 Å². The van der Waals surface area contributed by atoms with E-state index in [1.165, 1.54) is 11.3 Å². The molecule has 0 fully saturated rings. The average molecular weight is 468 g/mol. The van der Waals surface area contributed by atoms with E-state index >= 15 is 0 Å². The highest BCUT2D eigenvalue weighted by Crippen LogP contribution is 2.49. The van der Waals surface area contributed by atoms with E-state index in [0.29, 0.717) is 38.6 Å². The number of hydrogen-bond acceptors (Lipinski definition) is 8. The van der Waals surface area contributed by atoms with Crippen molar-refractivity contribution in [1.82, 2.24) is 4.90 Å². The second kappa shape index (κ2) is 7.92. The smallest absolute Gasteiger partial charge is 0.261 e. The van der Waals surface area contributed by atoms with Gasteiger partial charge < -0.3 is 10.5 Å². The molecule has 0 bridgehead atoms. The number of nitriles is 2. The van der Waals surface area contributed by atoms with Crippen LogP contribution in [0.1, 0.15) is 43.4 Å². The predicted octanol–water partition coefficient (Wildman–Crippen LogP) is 3.72. The van der Waals surface area contributed by atoms with Crippen LogP contribution in [0, 0.1) is 28.1 Å². The molecule has 0 saturated carbocycles. The Balaban J connectivity index is 1.58. The number of benzene rings is 2. The van der Waals surface area contributed by atoms with Crippen molar-refractivity contribution in [3.05, 3.63) is 81.7 Å². The summed E-state index contributed by atoms with van der Waals surface area (Å²) in [5, 5.41) is 22.5. The molecule has 5 rings (SSSR count). The SMILES string of the molecule is COc1ccc(C2=Nc3scc(CN4C(=O)c5ccccc5C4=O)c3C(N)C2(C#N)C#N)cc1. The minimum absolute atomic E-state index is 0.0216. The van der Waals surface area contributed by atoms with E-state index in [9.17, 15) is 20.1 Å². The first-order valence-corrected chi connectivity index (χ1v) is 11.2. The number of fused-ring (bicyclic) bond motifs is 2. The number of aliphatic imine (C=N–C) groups is 1. The van der Waals surface area contributed by atoms with Crippen molar-refractivity contribution in [2.75, 3.05) is 7.11 Å². The van der Waals surface area contributed by atoms with Gasteiger partial charge in [-0.2, -0.15) is 10.5 Å². The molecule has 2 amide bonds. The summed E-state index contributed by atoms with van der Waals surface area (Å²) >= 11 is 1.29. The van der Waals surface area contributed by atoms with Gasteiger partial charge in [0.2, 0.25) is 5.41 Å². The monoisotopic (exact) mass is 467 g/mol. The fraction of sp³-hybridized carbons (Fsp3) is 0.160. The lowest BCUT2D eigenvalue weighted by Gasteiger charge is -2.32. The summed E-state index contributed by atoms with van der Waals surface area (Å²) in [7, 11) is 1.55. The fourth-order valence-corrected chi connectivity index (χ4v) is 5.34. The summed E-state index contributed by atoms with van der Waals surface area (Å²) < 4.78 is 5.19. The molecule has 1 unspecified atom stereocenters. The number of rotatable bonds is 4. The molecule has 8 nitrogen and oxygen atoms in total. The first kappa shape index (κ1) is 21.5. The molecule has 2 N–H and O–H groups in total. The number of nitrogens with two attached hydrogens (primary N) is 1. The van der Waals surface area contributed by atoms with Gasteiger partial charge in [-0.3, -0.25) is 14.5 Å². The fourth-order valence-electron chi connectivity index (χ4n) is 4.35. The molecule has 3 aromatic rings. The number of ether oxygens (including phenoxy) is 1. The molecule has 0 aliphatic carbocycles. The summed E-state index contributed by atoms with van der Waals surface area (Å²) in [5.41, 5.74) is 7.46. The normalized spacial score (nSPS) is 17.9. The molecule has 2 aromatic carbocycles. The number of thiophene rings is 1. The van der Waals surface area contributed by atoms with Crippen LogP contribution in [0.2, 0.25) is 0 Å². The lowest BCUT2D eigenvalue weighted by Crippen LogP contribution is -2.42. The molecule has 0 saturated heterocycles. The van der Waals surface area contributed by atoms with Gasteiger partial charge in [-0.05, 0) is 52.9 Å². The minimum Gasteiger partial charge on any atom is -0.497 e. The van der Waals surface area contributed by atoms with Crippen LogP contribution in [0.4, 0.5) is 5.00 Å². The summed E-state index contributed by atoms with van der Waals surface area (Å²) in [6, 6.07) is 16.7. The second-order valence-corrected chi connectivity index (χ2v) is 8.78. The van der Waals surface area contributed by atoms with Gasteiger partial charge in [0.1, 0.15) is 10.8 Å². The lowest BCUT2D eigenvalue weighted by molar-refractivity contribution is 0.0642. The van der Waals surface area contributed by atoms with Gasteiger partial charge in [0.25, 0.3) is 11.8 Å². The van der Waals surface area contributed by atoms with Crippen LogP contribution in [0.3, 0.4) is 0 Å². The maximum absolute atomic E-state index is 12.8. The molecule has 3 heterocycles. The molecule has 0 radical (unpaired) electrons. The molecule has 2 aliphatic heterocycles. The van der Waals surface area contributed by atoms with E-state index in [4.69, 9.17) is 10.5 Å². The Bertz CT molecular complexity index is 1410. The number of methoxy groups -OCH3 is 1. The van der Waals surface area contributed by atoms with E-state index in [-0.39, 0.29) is 24.1 Å². The third kappa shape index (κ3) is 2.96. The Morgan fingerprint density at radius 1 is 1.09 bits per heavy atom. The van der Waals surface area contributed by atoms with Crippen LogP contribution in [0.25, 0.3) is 0 Å². The molecular formula is C25H17N5O3S. The zero-order valence-electron chi connectivity index (χ0n) is 18.0. The van der Waals surface area contributed by atoms with E-state index in [1.807, 2.05) is 0 Å². The minimum atomic E-state index is -1.75. The van der Waals surface area contributed by atoms with Crippen LogP contribution in [-0.4, -0.2) is 29.5 Å². The van der Waals surface area contributed by atoms with Gasteiger partial charge in [0.05, 0.1) is 48.7 Å². The maximum atomic E-state index is 12.8. The topological polar surface area (TPSA) is 133 Å². The number of hydrogen-bond donors (Lipinski definition) is 1. The first-order valence-electron chi connectivity index (χ1n) is 10.3. The largest absolute Gasteiger partial charge is 0.497 e. The Morgan fingerprint density at radius 3 is 2.26 bits per heavy atom. The second-order valence-electron chi connectivity index (χ2n) is 7.92.